The van der Waals surface area contributed by atoms with Gasteiger partial charge in [-0.1, -0.05) is 18.2 Å². The van der Waals surface area contributed by atoms with E-state index in [2.05, 4.69) is 0 Å². The lowest BCUT2D eigenvalue weighted by molar-refractivity contribution is 0.267. The lowest BCUT2D eigenvalue weighted by Gasteiger charge is -2.12. The van der Waals surface area contributed by atoms with E-state index in [-0.39, 0.29) is 13.2 Å². The van der Waals surface area contributed by atoms with Gasteiger partial charge in [0.2, 0.25) is 0 Å². The van der Waals surface area contributed by atoms with E-state index in [0.717, 1.165) is 0 Å². The molecule has 3 nitrogen and oxygen atoms in total. The minimum absolute atomic E-state index is 0.0137. The van der Waals surface area contributed by atoms with Crippen LogP contribution in [-0.4, -0.2) is 7.11 Å². The average Bonchev–Trinajstić information content (AvgIpc) is 2.46. The molecule has 0 aliphatic carbocycles. The Hall–Kier alpha value is -2.14. The van der Waals surface area contributed by atoms with Gasteiger partial charge >= 0.3 is 0 Å². The maximum atomic E-state index is 13.7. The largest absolute Gasteiger partial charge is 0.496 e. The molecule has 0 radical (unpaired) electrons. The molecule has 0 amide bonds. The zero-order chi connectivity index (χ0) is 14.5. The predicted octanol–water partition coefficient (Wildman–Crippen LogP) is 3.01. The summed E-state index contributed by atoms with van der Waals surface area (Å²) < 4.78 is 37.8. The lowest BCUT2D eigenvalue weighted by Crippen LogP contribution is -2.04. The molecule has 0 aliphatic rings. The Kier molecular flexibility index (Phi) is 4.53. The van der Waals surface area contributed by atoms with E-state index in [1.54, 1.807) is 24.3 Å². The van der Waals surface area contributed by atoms with Gasteiger partial charge in [-0.15, -0.1) is 0 Å². The Morgan fingerprint density at radius 3 is 2.35 bits per heavy atom. The molecule has 106 valence electrons. The maximum Gasteiger partial charge on any atom is 0.191 e. The summed E-state index contributed by atoms with van der Waals surface area (Å²) in [4.78, 5) is 0. The van der Waals surface area contributed by atoms with Crippen molar-refractivity contribution in [2.75, 3.05) is 7.11 Å². The van der Waals surface area contributed by atoms with Gasteiger partial charge in [0.15, 0.2) is 17.4 Å². The number of halogens is 2. The molecule has 0 spiro atoms. The van der Waals surface area contributed by atoms with Crippen molar-refractivity contribution in [3.63, 3.8) is 0 Å². The van der Waals surface area contributed by atoms with Gasteiger partial charge in [0, 0.05) is 12.1 Å². The summed E-state index contributed by atoms with van der Waals surface area (Å²) in [5.41, 5.74) is 6.43. The van der Waals surface area contributed by atoms with Gasteiger partial charge < -0.3 is 15.2 Å². The monoisotopic (exact) mass is 279 g/mol. The number of benzene rings is 2. The second-order valence-corrected chi connectivity index (χ2v) is 4.19. The molecule has 0 saturated heterocycles. The number of para-hydroxylation sites is 1. The Morgan fingerprint density at radius 2 is 1.75 bits per heavy atom. The van der Waals surface area contributed by atoms with Crippen LogP contribution in [0, 0.1) is 11.6 Å². The molecule has 0 aliphatic heterocycles. The van der Waals surface area contributed by atoms with Gasteiger partial charge in [0.1, 0.15) is 12.4 Å². The molecule has 5 heteroatoms. The van der Waals surface area contributed by atoms with Crippen LogP contribution in [0.25, 0.3) is 0 Å². The van der Waals surface area contributed by atoms with Crippen molar-refractivity contribution in [3.8, 4) is 11.5 Å². The number of rotatable bonds is 5. The summed E-state index contributed by atoms with van der Waals surface area (Å²) in [5, 5.41) is 0. The van der Waals surface area contributed by atoms with E-state index in [9.17, 15) is 8.78 Å². The van der Waals surface area contributed by atoms with Crippen molar-refractivity contribution in [3.05, 3.63) is 59.2 Å². The summed E-state index contributed by atoms with van der Waals surface area (Å²) >= 11 is 0. The first-order valence-corrected chi connectivity index (χ1v) is 6.08. The van der Waals surface area contributed by atoms with Gasteiger partial charge in [-0.3, -0.25) is 0 Å². The van der Waals surface area contributed by atoms with Crippen molar-refractivity contribution in [2.24, 2.45) is 5.73 Å². The molecule has 2 rings (SSSR count). The van der Waals surface area contributed by atoms with Crippen molar-refractivity contribution in [1.29, 1.82) is 0 Å². The van der Waals surface area contributed by atoms with Crippen LogP contribution in [0.3, 0.4) is 0 Å². The van der Waals surface area contributed by atoms with Gasteiger partial charge in [0.05, 0.1) is 7.11 Å². The Balaban J connectivity index is 2.19. The van der Waals surface area contributed by atoms with Gasteiger partial charge in [-0.2, -0.15) is 0 Å². The van der Waals surface area contributed by atoms with Crippen molar-refractivity contribution in [2.45, 2.75) is 13.2 Å². The fourth-order valence-corrected chi connectivity index (χ4v) is 1.84. The van der Waals surface area contributed by atoms with Crippen LogP contribution in [0.1, 0.15) is 11.1 Å². The number of hydrogen-bond acceptors (Lipinski definition) is 3. The minimum atomic E-state index is -0.764. The average molecular weight is 279 g/mol. The molecular weight excluding hydrogens is 264 g/mol. The second-order valence-electron chi connectivity index (χ2n) is 4.19. The summed E-state index contributed by atoms with van der Waals surface area (Å²) in [6.45, 7) is 0.0838. The van der Waals surface area contributed by atoms with E-state index in [1.807, 2.05) is 0 Å². The molecule has 20 heavy (non-hydrogen) atoms. The molecule has 2 N–H and O–H groups in total. The molecule has 2 aromatic rings. The van der Waals surface area contributed by atoms with Crippen LogP contribution in [0.5, 0.6) is 11.5 Å². The van der Waals surface area contributed by atoms with Crippen LogP contribution < -0.4 is 15.2 Å². The second kappa shape index (κ2) is 6.34. The van der Waals surface area contributed by atoms with Crippen LogP contribution in [-0.2, 0) is 13.2 Å². The van der Waals surface area contributed by atoms with Crippen LogP contribution >= 0.6 is 0 Å². The number of ether oxygens (including phenoxy) is 2. The number of hydrogen-bond donors (Lipinski definition) is 1. The van der Waals surface area contributed by atoms with E-state index < -0.39 is 17.4 Å². The molecule has 0 heterocycles. The first kappa shape index (κ1) is 14.3. The molecule has 0 bridgehead atoms. The fourth-order valence-electron chi connectivity index (χ4n) is 1.84. The highest BCUT2D eigenvalue weighted by atomic mass is 19.1. The summed E-state index contributed by atoms with van der Waals surface area (Å²) in [6.07, 6.45) is 0. The third-order valence-electron chi connectivity index (χ3n) is 2.86. The third-order valence-corrected chi connectivity index (χ3v) is 2.86. The molecular formula is C15H15F2NO2. The summed E-state index contributed by atoms with van der Waals surface area (Å²) in [5.74, 6) is -1.33. The number of nitrogens with two attached hydrogens (primary N) is 1. The number of methoxy groups -OCH3 is 1. The van der Waals surface area contributed by atoms with E-state index in [0.29, 0.717) is 16.9 Å². The van der Waals surface area contributed by atoms with E-state index in [1.165, 1.54) is 19.2 Å². The lowest BCUT2D eigenvalue weighted by atomic mass is 10.2. The Labute approximate surface area is 115 Å². The SMILES string of the molecule is COc1ccccc1COc1c(F)cc(CN)cc1F. The highest BCUT2D eigenvalue weighted by molar-refractivity contribution is 5.35. The van der Waals surface area contributed by atoms with Gasteiger partial charge in [-0.05, 0) is 23.8 Å². The van der Waals surface area contributed by atoms with E-state index in [4.69, 9.17) is 15.2 Å². The molecule has 0 fully saturated rings. The van der Waals surface area contributed by atoms with Crippen LogP contribution in [0.2, 0.25) is 0 Å². The minimum Gasteiger partial charge on any atom is -0.496 e. The third kappa shape index (κ3) is 3.05. The Morgan fingerprint density at radius 1 is 1.10 bits per heavy atom. The van der Waals surface area contributed by atoms with Crippen molar-refractivity contribution >= 4 is 0 Å². The molecule has 0 saturated carbocycles. The molecule has 0 unspecified atom stereocenters. The smallest absolute Gasteiger partial charge is 0.191 e. The first-order valence-electron chi connectivity index (χ1n) is 6.08. The Bertz CT molecular complexity index is 579. The van der Waals surface area contributed by atoms with Gasteiger partial charge in [-0.25, -0.2) is 8.78 Å². The first-order chi connectivity index (χ1) is 9.65. The molecule has 2 aromatic carbocycles. The van der Waals surface area contributed by atoms with Crippen LogP contribution in [0.4, 0.5) is 8.78 Å². The highest BCUT2D eigenvalue weighted by Crippen LogP contribution is 2.26. The van der Waals surface area contributed by atoms with Crippen molar-refractivity contribution in [1.82, 2.24) is 0 Å². The molecule has 0 atom stereocenters. The molecule has 0 aromatic heterocycles. The fraction of sp³-hybridized carbons (Fsp3) is 0.200. The summed E-state index contributed by atoms with van der Waals surface area (Å²) in [6, 6.07) is 9.46. The maximum absolute atomic E-state index is 13.7. The van der Waals surface area contributed by atoms with E-state index >= 15 is 0 Å². The normalized spacial score (nSPS) is 10.4. The van der Waals surface area contributed by atoms with Crippen LogP contribution in [0.15, 0.2) is 36.4 Å². The van der Waals surface area contributed by atoms with Gasteiger partial charge in [0.25, 0.3) is 0 Å². The summed E-state index contributed by atoms with van der Waals surface area (Å²) in [7, 11) is 1.52. The zero-order valence-corrected chi connectivity index (χ0v) is 11.0. The highest BCUT2D eigenvalue weighted by Gasteiger charge is 2.13. The quantitative estimate of drug-likeness (QED) is 0.915. The topological polar surface area (TPSA) is 44.5 Å². The van der Waals surface area contributed by atoms with Crippen molar-refractivity contribution < 1.29 is 18.3 Å². The standard InChI is InChI=1S/C15H15F2NO2/c1-19-14-5-3-2-4-11(14)9-20-15-12(16)6-10(8-18)7-13(15)17/h2-7H,8-9,18H2,1H3. The zero-order valence-electron chi connectivity index (χ0n) is 11.0. The predicted molar refractivity (Wildman–Crippen MR) is 71.6 cm³/mol.